The topological polar surface area (TPSA) is 71.0 Å². The van der Waals surface area contributed by atoms with Gasteiger partial charge in [-0.05, 0) is 75.7 Å². The van der Waals surface area contributed by atoms with E-state index in [1.165, 1.54) is 12.8 Å². The fraction of sp³-hybridized carbons (Fsp3) is 0.455. The molecule has 0 radical (unpaired) electrons. The standard InChI is InChI=1S/C22H25N5OS/c1-14-25-26-21(29-14)15-3-4-16-13-23-19(10-17(16)9-15)24-20(28)18-11-22(12-18)5-7-27(2)8-6-22/h3-4,9-10,13,18H,5-8,11-12H2,1-2H3,(H,23,24,28). The van der Waals surface area contributed by atoms with Crippen molar-refractivity contribution in [2.45, 2.75) is 32.6 Å². The number of rotatable bonds is 3. The number of pyridine rings is 1. The fourth-order valence-corrected chi connectivity index (χ4v) is 5.34. The predicted octanol–water partition coefficient (Wildman–Crippen LogP) is 4.12. The molecule has 1 saturated heterocycles. The van der Waals surface area contributed by atoms with Crippen LogP contribution in [0.3, 0.4) is 0 Å². The number of benzene rings is 1. The zero-order valence-electron chi connectivity index (χ0n) is 16.8. The Morgan fingerprint density at radius 1 is 1.17 bits per heavy atom. The van der Waals surface area contributed by atoms with E-state index < -0.39 is 0 Å². The molecule has 5 rings (SSSR count). The van der Waals surface area contributed by atoms with Crippen LogP contribution in [0.25, 0.3) is 21.3 Å². The average Bonchev–Trinajstić information content (AvgIpc) is 3.13. The van der Waals surface area contributed by atoms with Gasteiger partial charge in [-0.3, -0.25) is 4.79 Å². The van der Waals surface area contributed by atoms with Crippen LogP contribution >= 0.6 is 11.3 Å². The van der Waals surface area contributed by atoms with Crippen LogP contribution in [0.15, 0.2) is 30.5 Å². The number of amides is 1. The molecule has 1 amide bonds. The number of anilines is 1. The number of piperidine rings is 1. The summed E-state index contributed by atoms with van der Waals surface area (Å²) in [6, 6.07) is 8.12. The van der Waals surface area contributed by atoms with E-state index >= 15 is 0 Å². The Kier molecular flexibility index (Phi) is 4.59. The summed E-state index contributed by atoms with van der Waals surface area (Å²) in [4.78, 5) is 19.6. The molecule has 0 bridgehead atoms. The Morgan fingerprint density at radius 2 is 1.97 bits per heavy atom. The van der Waals surface area contributed by atoms with E-state index in [0.29, 0.717) is 11.2 Å². The first-order chi connectivity index (χ1) is 14.0. The quantitative estimate of drug-likeness (QED) is 0.707. The number of hydrogen-bond acceptors (Lipinski definition) is 6. The van der Waals surface area contributed by atoms with Crippen LogP contribution in [0.1, 0.15) is 30.7 Å². The van der Waals surface area contributed by atoms with Gasteiger partial charge in [0, 0.05) is 23.1 Å². The molecule has 2 aromatic heterocycles. The van der Waals surface area contributed by atoms with Gasteiger partial charge in [-0.15, -0.1) is 10.2 Å². The van der Waals surface area contributed by atoms with Gasteiger partial charge in [0.05, 0.1) is 0 Å². The van der Waals surface area contributed by atoms with Crippen molar-refractivity contribution >= 4 is 33.8 Å². The highest BCUT2D eigenvalue weighted by Crippen LogP contribution is 2.52. The Morgan fingerprint density at radius 3 is 2.69 bits per heavy atom. The third kappa shape index (κ3) is 3.65. The van der Waals surface area contributed by atoms with Gasteiger partial charge < -0.3 is 10.2 Å². The molecule has 1 N–H and O–H groups in total. The molecule has 2 fully saturated rings. The van der Waals surface area contributed by atoms with Crippen molar-refractivity contribution in [3.8, 4) is 10.6 Å². The third-order valence-corrected chi connectivity index (χ3v) is 7.41. The Labute approximate surface area is 174 Å². The molecular formula is C22H25N5OS. The number of aryl methyl sites for hydroxylation is 1. The SMILES string of the molecule is Cc1nnc(-c2ccc3cnc(NC(=O)C4CC5(CCN(C)CC5)C4)cc3c2)s1. The highest BCUT2D eigenvalue weighted by Gasteiger charge is 2.48. The normalized spacial score (nSPS) is 19.4. The van der Waals surface area contributed by atoms with Gasteiger partial charge in [-0.1, -0.05) is 23.5 Å². The van der Waals surface area contributed by atoms with Crippen LogP contribution in [-0.2, 0) is 4.79 Å². The van der Waals surface area contributed by atoms with Crippen molar-refractivity contribution in [3.63, 3.8) is 0 Å². The predicted molar refractivity (Wildman–Crippen MR) is 116 cm³/mol. The van der Waals surface area contributed by atoms with Gasteiger partial charge >= 0.3 is 0 Å². The molecule has 0 unspecified atom stereocenters. The van der Waals surface area contributed by atoms with E-state index in [0.717, 1.165) is 52.3 Å². The summed E-state index contributed by atoms with van der Waals surface area (Å²) >= 11 is 1.58. The Balaban J connectivity index is 1.28. The molecule has 150 valence electrons. The van der Waals surface area contributed by atoms with Gasteiger partial charge in [0.2, 0.25) is 5.91 Å². The van der Waals surface area contributed by atoms with E-state index in [4.69, 9.17) is 0 Å². The van der Waals surface area contributed by atoms with Gasteiger partial charge in [0.1, 0.15) is 15.8 Å². The second-order valence-electron chi connectivity index (χ2n) is 8.66. The number of fused-ring (bicyclic) bond motifs is 1. The van der Waals surface area contributed by atoms with Gasteiger partial charge in [-0.2, -0.15) is 0 Å². The largest absolute Gasteiger partial charge is 0.310 e. The van der Waals surface area contributed by atoms with E-state index in [1.54, 1.807) is 11.3 Å². The molecule has 6 nitrogen and oxygen atoms in total. The minimum absolute atomic E-state index is 0.109. The zero-order valence-corrected chi connectivity index (χ0v) is 17.6. The first-order valence-corrected chi connectivity index (χ1v) is 11.0. The van der Waals surface area contributed by atoms with Crippen molar-refractivity contribution in [2.75, 3.05) is 25.5 Å². The maximum Gasteiger partial charge on any atom is 0.228 e. The molecule has 1 aliphatic heterocycles. The third-order valence-electron chi connectivity index (χ3n) is 6.52. The molecule has 7 heteroatoms. The van der Waals surface area contributed by atoms with Crippen LogP contribution in [0.4, 0.5) is 5.82 Å². The lowest BCUT2D eigenvalue weighted by atomic mass is 9.57. The van der Waals surface area contributed by atoms with Crippen LogP contribution in [-0.4, -0.2) is 46.1 Å². The second-order valence-corrected chi connectivity index (χ2v) is 9.84. The number of carbonyl (C=O) groups is 1. The maximum atomic E-state index is 12.7. The first-order valence-electron chi connectivity index (χ1n) is 10.2. The first kappa shape index (κ1) is 18.6. The van der Waals surface area contributed by atoms with Crippen molar-refractivity contribution in [1.29, 1.82) is 0 Å². The molecule has 2 aliphatic rings. The van der Waals surface area contributed by atoms with E-state index in [2.05, 4.69) is 38.5 Å². The lowest BCUT2D eigenvalue weighted by Gasteiger charge is -2.51. The fourth-order valence-electron chi connectivity index (χ4n) is 4.66. The van der Waals surface area contributed by atoms with E-state index in [-0.39, 0.29) is 11.8 Å². The summed E-state index contributed by atoms with van der Waals surface area (Å²) in [5, 5.41) is 15.3. The summed E-state index contributed by atoms with van der Waals surface area (Å²) in [7, 11) is 2.18. The van der Waals surface area contributed by atoms with Gasteiger partial charge in [0.15, 0.2) is 0 Å². The minimum atomic E-state index is 0.109. The van der Waals surface area contributed by atoms with Crippen LogP contribution in [0.5, 0.6) is 0 Å². The van der Waals surface area contributed by atoms with Crippen molar-refractivity contribution < 1.29 is 4.79 Å². The molecule has 1 aliphatic carbocycles. The summed E-state index contributed by atoms with van der Waals surface area (Å²) in [6.45, 7) is 4.25. The molecule has 3 aromatic rings. The van der Waals surface area contributed by atoms with Crippen LogP contribution in [0, 0.1) is 18.3 Å². The number of aromatic nitrogens is 3. The molecular weight excluding hydrogens is 382 g/mol. The summed E-state index contributed by atoms with van der Waals surface area (Å²) < 4.78 is 0. The zero-order chi connectivity index (χ0) is 20.0. The average molecular weight is 408 g/mol. The lowest BCUT2D eigenvalue weighted by Crippen LogP contribution is -2.49. The van der Waals surface area contributed by atoms with Crippen molar-refractivity contribution in [2.24, 2.45) is 11.3 Å². The number of nitrogens with one attached hydrogen (secondary N) is 1. The molecule has 0 atom stereocenters. The molecule has 29 heavy (non-hydrogen) atoms. The van der Waals surface area contributed by atoms with Crippen molar-refractivity contribution in [3.05, 3.63) is 35.5 Å². The lowest BCUT2D eigenvalue weighted by molar-refractivity contribution is -0.129. The van der Waals surface area contributed by atoms with Crippen LogP contribution in [0.2, 0.25) is 0 Å². The van der Waals surface area contributed by atoms with Gasteiger partial charge in [-0.25, -0.2) is 4.98 Å². The highest BCUT2D eigenvalue weighted by molar-refractivity contribution is 7.14. The second kappa shape index (κ2) is 7.15. The minimum Gasteiger partial charge on any atom is -0.310 e. The highest BCUT2D eigenvalue weighted by atomic mass is 32.1. The van der Waals surface area contributed by atoms with Gasteiger partial charge in [0.25, 0.3) is 0 Å². The Bertz CT molecular complexity index is 1060. The molecule has 1 saturated carbocycles. The molecule has 1 spiro atoms. The molecule has 1 aromatic carbocycles. The summed E-state index contributed by atoms with van der Waals surface area (Å²) in [5.41, 5.74) is 1.44. The van der Waals surface area contributed by atoms with Crippen LogP contribution < -0.4 is 5.32 Å². The maximum absolute atomic E-state index is 12.7. The number of likely N-dealkylation sites (tertiary alicyclic amines) is 1. The smallest absolute Gasteiger partial charge is 0.228 e. The summed E-state index contributed by atoms with van der Waals surface area (Å²) in [5.74, 6) is 0.848. The number of hydrogen-bond donors (Lipinski definition) is 1. The summed E-state index contributed by atoms with van der Waals surface area (Å²) in [6.07, 6.45) is 6.28. The van der Waals surface area contributed by atoms with E-state index in [9.17, 15) is 4.79 Å². The Hall–Kier alpha value is -2.38. The monoisotopic (exact) mass is 407 g/mol. The molecule has 3 heterocycles. The number of carbonyl (C=O) groups excluding carboxylic acids is 1. The van der Waals surface area contributed by atoms with E-state index in [1.807, 2.05) is 31.3 Å². The van der Waals surface area contributed by atoms with Crippen molar-refractivity contribution in [1.82, 2.24) is 20.1 Å². The number of nitrogens with zero attached hydrogens (tertiary/aromatic N) is 4.